The fourth-order valence-corrected chi connectivity index (χ4v) is 2.57. The third-order valence-electron chi connectivity index (χ3n) is 3.16. The van der Waals surface area contributed by atoms with Crippen LogP contribution >= 0.6 is 15.9 Å². The normalized spacial score (nSPS) is 42.0. The van der Waals surface area contributed by atoms with Crippen LogP contribution in [0, 0.1) is 5.92 Å². The van der Waals surface area contributed by atoms with Crippen LogP contribution in [0.5, 0.6) is 0 Å². The zero-order valence-electron chi connectivity index (χ0n) is 8.55. The lowest BCUT2D eigenvalue weighted by atomic mass is 9.73. The molecule has 0 heterocycles. The molecule has 0 amide bonds. The lowest BCUT2D eigenvalue weighted by Gasteiger charge is -2.42. The molecule has 3 atom stereocenters. The van der Waals surface area contributed by atoms with Crippen molar-refractivity contribution in [3.63, 3.8) is 0 Å². The second-order valence-electron chi connectivity index (χ2n) is 4.95. The molecular weight excluding hydrogens is 232 g/mol. The lowest BCUT2D eigenvalue weighted by Crippen LogP contribution is -2.46. The summed E-state index contributed by atoms with van der Waals surface area (Å²) in [6.45, 7) is 5.54. The number of hydrogen-bond donors (Lipinski definition) is 2. The second-order valence-corrected chi connectivity index (χ2v) is 6.05. The smallest absolute Gasteiger partial charge is 0.0744 e. The van der Waals surface area contributed by atoms with E-state index in [9.17, 15) is 10.2 Å². The average Bonchev–Trinajstić information content (AvgIpc) is 1.92. The quantitative estimate of drug-likeness (QED) is 0.700. The van der Waals surface area contributed by atoms with Gasteiger partial charge < -0.3 is 10.2 Å². The van der Waals surface area contributed by atoms with Crippen LogP contribution in [0.3, 0.4) is 0 Å². The zero-order valence-corrected chi connectivity index (χ0v) is 10.1. The largest absolute Gasteiger partial charge is 0.390 e. The van der Waals surface area contributed by atoms with Crippen molar-refractivity contribution in [2.75, 3.05) is 0 Å². The molecule has 0 spiro atoms. The summed E-state index contributed by atoms with van der Waals surface area (Å²) in [4.78, 5) is 0.102. The number of aliphatic hydroxyl groups is 2. The highest BCUT2D eigenvalue weighted by Crippen LogP contribution is 2.40. The van der Waals surface area contributed by atoms with Gasteiger partial charge in [0, 0.05) is 4.83 Å². The van der Waals surface area contributed by atoms with Gasteiger partial charge in [-0.25, -0.2) is 0 Å². The van der Waals surface area contributed by atoms with Crippen molar-refractivity contribution in [1.29, 1.82) is 0 Å². The summed E-state index contributed by atoms with van der Waals surface area (Å²) >= 11 is 3.48. The summed E-state index contributed by atoms with van der Waals surface area (Å²) in [6, 6.07) is 0. The molecular formula is C10H19BrO2. The van der Waals surface area contributed by atoms with E-state index in [4.69, 9.17) is 0 Å². The molecule has 2 nitrogen and oxygen atoms in total. The predicted molar refractivity (Wildman–Crippen MR) is 57.0 cm³/mol. The van der Waals surface area contributed by atoms with Crippen LogP contribution in [-0.4, -0.2) is 26.2 Å². The Morgan fingerprint density at radius 1 is 1.46 bits per heavy atom. The van der Waals surface area contributed by atoms with E-state index in [-0.39, 0.29) is 10.7 Å². The van der Waals surface area contributed by atoms with Gasteiger partial charge in [0.25, 0.3) is 0 Å². The molecule has 0 aliphatic heterocycles. The molecule has 2 N–H and O–H groups in total. The monoisotopic (exact) mass is 250 g/mol. The maximum Gasteiger partial charge on any atom is 0.0744 e. The van der Waals surface area contributed by atoms with Crippen molar-refractivity contribution in [3.05, 3.63) is 0 Å². The van der Waals surface area contributed by atoms with Crippen LogP contribution in [0.2, 0.25) is 0 Å². The zero-order chi connectivity index (χ0) is 10.3. The van der Waals surface area contributed by atoms with Gasteiger partial charge in [-0.05, 0) is 46.0 Å². The Labute approximate surface area is 88.5 Å². The highest BCUT2D eigenvalue weighted by Gasteiger charge is 2.41. The number of halogens is 1. The molecule has 1 aliphatic carbocycles. The van der Waals surface area contributed by atoms with Gasteiger partial charge in [0.1, 0.15) is 0 Å². The second kappa shape index (κ2) is 3.52. The maximum atomic E-state index is 9.90. The molecule has 0 saturated heterocycles. The molecule has 1 fully saturated rings. The molecule has 0 aromatic heterocycles. The topological polar surface area (TPSA) is 40.5 Å². The van der Waals surface area contributed by atoms with Gasteiger partial charge in [-0.15, -0.1) is 0 Å². The first-order chi connectivity index (χ1) is 5.73. The summed E-state index contributed by atoms with van der Waals surface area (Å²) in [6.07, 6.45) is 2.51. The number of rotatable bonds is 1. The van der Waals surface area contributed by atoms with Crippen molar-refractivity contribution in [2.24, 2.45) is 5.92 Å². The average molecular weight is 251 g/mol. The maximum absolute atomic E-state index is 9.90. The van der Waals surface area contributed by atoms with Crippen LogP contribution in [0.25, 0.3) is 0 Å². The lowest BCUT2D eigenvalue weighted by molar-refractivity contribution is -0.0454. The summed E-state index contributed by atoms with van der Waals surface area (Å²) in [5.41, 5.74) is -1.23. The Hall–Kier alpha value is 0.400. The summed E-state index contributed by atoms with van der Waals surface area (Å²) < 4.78 is 0. The Kier molecular flexibility index (Phi) is 3.11. The van der Waals surface area contributed by atoms with E-state index >= 15 is 0 Å². The van der Waals surface area contributed by atoms with E-state index in [1.54, 1.807) is 0 Å². The van der Waals surface area contributed by atoms with Gasteiger partial charge in [-0.3, -0.25) is 0 Å². The Morgan fingerprint density at radius 2 is 2.00 bits per heavy atom. The fraction of sp³-hybridized carbons (Fsp3) is 1.00. The van der Waals surface area contributed by atoms with Crippen LogP contribution in [0.1, 0.15) is 40.0 Å². The first kappa shape index (κ1) is 11.5. The minimum atomic E-state index is -0.622. The first-order valence-corrected chi connectivity index (χ1v) is 5.74. The van der Waals surface area contributed by atoms with E-state index in [0.29, 0.717) is 0 Å². The summed E-state index contributed by atoms with van der Waals surface area (Å²) in [5.74, 6) is 0.289. The van der Waals surface area contributed by atoms with E-state index in [1.165, 1.54) is 0 Å². The SMILES string of the molecule is CC(C)(O)C1CC[C@@](C)(O)[C@H](Br)C1. The van der Waals surface area contributed by atoms with Crippen molar-refractivity contribution in [1.82, 2.24) is 0 Å². The number of alkyl halides is 1. The van der Waals surface area contributed by atoms with Crippen LogP contribution in [0.15, 0.2) is 0 Å². The van der Waals surface area contributed by atoms with Crippen molar-refractivity contribution in [3.8, 4) is 0 Å². The molecule has 0 aromatic rings. The molecule has 1 unspecified atom stereocenters. The van der Waals surface area contributed by atoms with Gasteiger partial charge in [-0.2, -0.15) is 0 Å². The van der Waals surface area contributed by atoms with E-state index in [1.807, 2.05) is 20.8 Å². The fourth-order valence-electron chi connectivity index (χ4n) is 1.89. The highest BCUT2D eigenvalue weighted by molar-refractivity contribution is 9.09. The minimum Gasteiger partial charge on any atom is -0.390 e. The molecule has 13 heavy (non-hydrogen) atoms. The van der Waals surface area contributed by atoms with Crippen LogP contribution < -0.4 is 0 Å². The standard InChI is InChI=1S/C10H19BrO2/c1-9(2,12)7-4-5-10(3,13)8(11)6-7/h7-8,12-13H,4-6H2,1-3H3/t7?,8-,10-/m1/s1. The Balaban J connectivity index is 2.61. The van der Waals surface area contributed by atoms with Crippen LogP contribution in [0.4, 0.5) is 0 Å². The molecule has 0 radical (unpaired) electrons. The third kappa shape index (κ3) is 2.67. The Bertz CT molecular complexity index is 184. The molecule has 1 aliphatic rings. The van der Waals surface area contributed by atoms with E-state index in [0.717, 1.165) is 19.3 Å². The molecule has 1 rings (SSSR count). The summed E-state index contributed by atoms with van der Waals surface area (Å²) in [5, 5.41) is 19.7. The molecule has 1 saturated carbocycles. The highest BCUT2D eigenvalue weighted by atomic mass is 79.9. The molecule has 0 aromatic carbocycles. The third-order valence-corrected chi connectivity index (χ3v) is 4.52. The van der Waals surface area contributed by atoms with Crippen LogP contribution in [-0.2, 0) is 0 Å². The van der Waals surface area contributed by atoms with E-state index in [2.05, 4.69) is 15.9 Å². The van der Waals surface area contributed by atoms with Gasteiger partial charge in [0.2, 0.25) is 0 Å². The van der Waals surface area contributed by atoms with Gasteiger partial charge in [-0.1, -0.05) is 15.9 Å². The van der Waals surface area contributed by atoms with Gasteiger partial charge in [0.05, 0.1) is 11.2 Å². The van der Waals surface area contributed by atoms with Crippen molar-refractivity contribution >= 4 is 15.9 Å². The minimum absolute atomic E-state index is 0.102. The van der Waals surface area contributed by atoms with Crippen molar-refractivity contribution in [2.45, 2.75) is 56.1 Å². The van der Waals surface area contributed by atoms with E-state index < -0.39 is 11.2 Å². The summed E-state index contributed by atoms with van der Waals surface area (Å²) in [7, 11) is 0. The number of hydrogen-bond acceptors (Lipinski definition) is 2. The first-order valence-electron chi connectivity index (χ1n) is 4.82. The Morgan fingerprint density at radius 3 is 2.38 bits per heavy atom. The van der Waals surface area contributed by atoms with Crippen molar-refractivity contribution < 1.29 is 10.2 Å². The molecule has 3 heteroatoms. The predicted octanol–water partition coefficient (Wildman–Crippen LogP) is 2.07. The molecule has 0 bridgehead atoms. The molecule has 78 valence electrons. The van der Waals surface area contributed by atoms with Gasteiger partial charge in [0.15, 0.2) is 0 Å². The van der Waals surface area contributed by atoms with Gasteiger partial charge >= 0.3 is 0 Å².